The van der Waals surface area contributed by atoms with Crippen molar-refractivity contribution in [3.63, 3.8) is 0 Å². The Balaban J connectivity index is 1.22. The second-order valence-electron chi connectivity index (χ2n) is 8.09. The Morgan fingerprint density at radius 2 is 1.52 bits per heavy atom. The van der Waals surface area contributed by atoms with Gasteiger partial charge in [0, 0.05) is 37.9 Å². The summed E-state index contributed by atoms with van der Waals surface area (Å²) >= 11 is 0. The molecule has 0 saturated carbocycles. The average molecular weight is 461 g/mol. The Kier molecular flexibility index (Phi) is 5.70. The Morgan fingerprint density at radius 3 is 2.27 bits per heavy atom. The second kappa shape index (κ2) is 8.80. The molecule has 1 fully saturated rings. The third-order valence-corrected chi connectivity index (χ3v) is 7.88. The van der Waals surface area contributed by atoms with Gasteiger partial charge in [-0.1, -0.05) is 60.7 Å². The van der Waals surface area contributed by atoms with Gasteiger partial charge in [0.25, 0.3) is 0 Å². The number of aromatic nitrogens is 2. The molecule has 7 nitrogen and oxygen atoms in total. The highest BCUT2D eigenvalue weighted by atomic mass is 32.2. The molecule has 3 aromatic carbocycles. The number of carbonyl (C=O) groups excluding carboxylic acids is 1. The van der Waals surface area contributed by atoms with Crippen molar-refractivity contribution in [1.82, 2.24) is 19.0 Å². The van der Waals surface area contributed by atoms with Crippen LogP contribution in [-0.2, 0) is 21.4 Å². The average Bonchev–Trinajstić information content (AvgIpc) is 3.33. The number of hydrogen-bond donors (Lipinski definition) is 0. The second-order valence-corrected chi connectivity index (χ2v) is 10.0. The molecule has 2 heterocycles. The molecule has 168 valence electrons. The predicted octanol–water partition coefficient (Wildman–Crippen LogP) is 3.24. The van der Waals surface area contributed by atoms with Crippen LogP contribution in [0.3, 0.4) is 0 Å². The van der Waals surface area contributed by atoms with Gasteiger partial charge in [-0.3, -0.25) is 9.48 Å². The number of rotatable bonds is 5. The predicted molar refractivity (Wildman–Crippen MR) is 127 cm³/mol. The topological polar surface area (TPSA) is 75.5 Å². The molecule has 0 aliphatic carbocycles. The van der Waals surface area contributed by atoms with Gasteiger partial charge in [0.1, 0.15) is 6.54 Å². The summed E-state index contributed by atoms with van der Waals surface area (Å²) in [7, 11) is -3.61. The van der Waals surface area contributed by atoms with Gasteiger partial charge in [-0.25, -0.2) is 8.42 Å². The van der Waals surface area contributed by atoms with Crippen LogP contribution in [0.15, 0.2) is 90.1 Å². The Morgan fingerprint density at radius 1 is 0.818 bits per heavy atom. The van der Waals surface area contributed by atoms with Crippen LogP contribution in [-0.4, -0.2) is 59.5 Å². The minimum atomic E-state index is -3.61. The molecule has 0 radical (unpaired) electrons. The maximum atomic E-state index is 13.1. The third-order valence-electron chi connectivity index (χ3n) is 5.99. The lowest BCUT2D eigenvalue weighted by Crippen LogP contribution is -2.51. The minimum Gasteiger partial charge on any atom is -0.338 e. The van der Waals surface area contributed by atoms with Gasteiger partial charge in [0.2, 0.25) is 15.9 Å². The SMILES string of the molecule is O=C(Cn1cc(-c2ccccc2)cn1)N1CCN(S(=O)(=O)c2ccc3ccccc3c2)CC1. The molecule has 0 atom stereocenters. The van der Waals surface area contributed by atoms with Crippen LogP contribution in [0.1, 0.15) is 0 Å². The van der Waals surface area contributed by atoms with E-state index >= 15 is 0 Å². The highest BCUT2D eigenvalue weighted by Gasteiger charge is 2.30. The van der Waals surface area contributed by atoms with Crippen LogP contribution in [0.4, 0.5) is 0 Å². The maximum absolute atomic E-state index is 13.1. The molecule has 1 aromatic heterocycles. The fraction of sp³-hybridized carbons (Fsp3) is 0.200. The first kappa shape index (κ1) is 21.4. The van der Waals surface area contributed by atoms with Gasteiger partial charge < -0.3 is 4.90 Å². The van der Waals surface area contributed by atoms with E-state index in [0.29, 0.717) is 13.1 Å². The minimum absolute atomic E-state index is 0.0690. The van der Waals surface area contributed by atoms with Crippen LogP contribution in [0.2, 0.25) is 0 Å². The molecule has 1 saturated heterocycles. The Labute approximate surface area is 192 Å². The van der Waals surface area contributed by atoms with Crippen molar-refractivity contribution in [2.45, 2.75) is 11.4 Å². The number of piperazine rings is 1. The number of carbonyl (C=O) groups is 1. The maximum Gasteiger partial charge on any atom is 0.244 e. The first-order valence-electron chi connectivity index (χ1n) is 10.9. The summed E-state index contributed by atoms with van der Waals surface area (Å²) in [5.74, 6) is -0.0690. The highest BCUT2D eigenvalue weighted by Crippen LogP contribution is 2.23. The van der Waals surface area contributed by atoms with Gasteiger partial charge in [-0.15, -0.1) is 0 Å². The number of hydrogen-bond acceptors (Lipinski definition) is 4. The molecule has 1 amide bonds. The number of sulfonamides is 1. The summed E-state index contributed by atoms with van der Waals surface area (Å²) in [6.45, 7) is 1.39. The molecule has 1 aliphatic rings. The zero-order valence-electron chi connectivity index (χ0n) is 18.0. The summed E-state index contributed by atoms with van der Waals surface area (Å²) in [5.41, 5.74) is 2.00. The van der Waals surface area contributed by atoms with E-state index in [1.165, 1.54) is 4.31 Å². The van der Waals surface area contributed by atoms with Gasteiger partial charge in [-0.2, -0.15) is 9.40 Å². The molecule has 5 rings (SSSR count). The summed E-state index contributed by atoms with van der Waals surface area (Å²) in [4.78, 5) is 14.8. The van der Waals surface area contributed by atoms with Gasteiger partial charge in [-0.05, 0) is 28.5 Å². The van der Waals surface area contributed by atoms with Crippen LogP contribution in [0.5, 0.6) is 0 Å². The number of fused-ring (bicyclic) bond motifs is 1. The molecule has 8 heteroatoms. The Bertz CT molecular complexity index is 1390. The normalized spacial score (nSPS) is 15.1. The number of nitrogens with zero attached hydrogens (tertiary/aromatic N) is 4. The quantitative estimate of drug-likeness (QED) is 0.458. The van der Waals surface area contributed by atoms with E-state index in [2.05, 4.69) is 5.10 Å². The lowest BCUT2D eigenvalue weighted by molar-refractivity contribution is -0.133. The molecular formula is C25H24N4O3S. The van der Waals surface area contributed by atoms with Crippen molar-refractivity contribution >= 4 is 26.7 Å². The lowest BCUT2D eigenvalue weighted by atomic mass is 10.1. The number of benzene rings is 3. The molecule has 1 aliphatic heterocycles. The zero-order chi connectivity index (χ0) is 22.8. The monoisotopic (exact) mass is 460 g/mol. The fourth-order valence-electron chi connectivity index (χ4n) is 4.12. The van der Waals surface area contributed by atoms with E-state index in [0.717, 1.165) is 21.9 Å². The van der Waals surface area contributed by atoms with E-state index in [1.54, 1.807) is 27.9 Å². The zero-order valence-corrected chi connectivity index (χ0v) is 18.9. The van der Waals surface area contributed by atoms with Crippen molar-refractivity contribution in [1.29, 1.82) is 0 Å². The van der Waals surface area contributed by atoms with Crippen LogP contribution < -0.4 is 0 Å². The van der Waals surface area contributed by atoms with E-state index in [4.69, 9.17) is 0 Å². The molecule has 0 bridgehead atoms. The van der Waals surface area contributed by atoms with Gasteiger partial charge in [0.05, 0.1) is 11.1 Å². The molecule has 4 aromatic rings. The van der Waals surface area contributed by atoms with E-state index in [9.17, 15) is 13.2 Å². The summed E-state index contributed by atoms with van der Waals surface area (Å²) in [6.07, 6.45) is 3.60. The van der Waals surface area contributed by atoms with Gasteiger partial charge in [0.15, 0.2) is 0 Å². The number of amides is 1. The standard InChI is InChI=1S/C25H24N4O3S/c30-25(19-28-18-23(17-26-28)20-6-2-1-3-7-20)27-12-14-29(15-13-27)33(31,32)24-11-10-21-8-4-5-9-22(21)16-24/h1-11,16-18H,12-15,19H2. The van der Waals surface area contributed by atoms with Crippen molar-refractivity contribution in [2.24, 2.45) is 0 Å². The van der Waals surface area contributed by atoms with Gasteiger partial charge >= 0.3 is 0 Å². The first-order chi connectivity index (χ1) is 16.0. The molecular weight excluding hydrogens is 436 g/mol. The molecule has 33 heavy (non-hydrogen) atoms. The fourth-order valence-corrected chi connectivity index (χ4v) is 5.58. The molecule has 0 unspecified atom stereocenters. The van der Waals surface area contributed by atoms with Crippen LogP contribution in [0.25, 0.3) is 21.9 Å². The highest BCUT2D eigenvalue weighted by molar-refractivity contribution is 7.89. The lowest BCUT2D eigenvalue weighted by Gasteiger charge is -2.34. The van der Waals surface area contributed by atoms with E-state index < -0.39 is 10.0 Å². The Hall–Kier alpha value is -3.49. The van der Waals surface area contributed by atoms with Crippen molar-refractivity contribution in [2.75, 3.05) is 26.2 Å². The summed E-state index contributed by atoms with van der Waals surface area (Å²) < 4.78 is 29.4. The van der Waals surface area contributed by atoms with Crippen LogP contribution >= 0.6 is 0 Å². The van der Waals surface area contributed by atoms with Crippen molar-refractivity contribution < 1.29 is 13.2 Å². The summed E-state index contributed by atoms with van der Waals surface area (Å²) in [6, 6.07) is 22.8. The summed E-state index contributed by atoms with van der Waals surface area (Å²) in [5, 5.41) is 6.20. The third kappa shape index (κ3) is 4.40. The van der Waals surface area contributed by atoms with E-state index in [1.807, 2.05) is 66.9 Å². The molecule has 0 spiro atoms. The van der Waals surface area contributed by atoms with Crippen molar-refractivity contribution in [3.05, 3.63) is 85.2 Å². The van der Waals surface area contributed by atoms with Crippen molar-refractivity contribution in [3.8, 4) is 11.1 Å². The molecule has 0 N–H and O–H groups in total. The largest absolute Gasteiger partial charge is 0.338 e. The first-order valence-corrected chi connectivity index (χ1v) is 12.3. The van der Waals surface area contributed by atoms with Crippen LogP contribution in [0, 0.1) is 0 Å². The van der Waals surface area contributed by atoms with E-state index in [-0.39, 0.29) is 30.4 Å². The smallest absolute Gasteiger partial charge is 0.244 e.